The van der Waals surface area contributed by atoms with Crippen LogP contribution in [0.5, 0.6) is 0 Å². The van der Waals surface area contributed by atoms with Gasteiger partial charge in [-0.3, -0.25) is 0 Å². The highest BCUT2D eigenvalue weighted by atomic mass is 32.2. The molecule has 7 nitrogen and oxygen atoms in total. The van der Waals surface area contributed by atoms with Crippen LogP contribution in [0.2, 0.25) is 0 Å². The number of nitrogen functional groups attached to an aromatic ring is 1. The highest BCUT2D eigenvalue weighted by molar-refractivity contribution is 7.89. The Morgan fingerprint density at radius 3 is 2.63 bits per heavy atom. The smallest absolute Gasteiger partial charge is 0.246 e. The van der Waals surface area contributed by atoms with Gasteiger partial charge in [-0.2, -0.15) is 4.31 Å². The third-order valence-electron chi connectivity index (χ3n) is 4.56. The lowest BCUT2D eigenvalue weighted by molar-refractivity contribution is 0.155. The molecule has 146 valence electrons. The van der Waals surface area contributed by atoms with Crippen LogP contribution in [-0.4, -0.2) is 42.3 Å². The summed E-state index contributed by atoms with van der Waals surface area (Å²) in [6.45, 7) is -0.209. The normalized spacial score (nSPS) is 17.3. The van der Waals surface area contributed by atoms with Gasteiger partial charge in [-0.1, -0.05) is 17.3 Å². The van der Waals surface area contributed by atoms with Crippen LogP contribution in [0.1, 0.15) is 34.9 Å². The molecule has 1 aliphatic carbocycles. The Morgan fingerprint density at radius 2 is 2.00 bits per heavy atom. The molecule has 1 aromatic carbocycles. The summed E-state index contributed by atoms with van der Waals surface area (Å²) in [7, 11) is -2.61. The Balaban J connectivity index is 1.90. The number of oxime groups is 1. The number of anilines is 1. The van der Waals surface area contributed by atoms with Gasteiger partial charge in [-0.25, -0.2) is 12.8 Å². The van der Waals surface area contributed by atoms with E-state index < -0.39 is 21.9 Å². The number of benzene rings is 1. The van der Waals surface area contributed by atoms with E-state index in [9.17, 15) is 17.9 Å². The molecular weight excluding hydrogens is 393 g/mol. The van der Waals surface area contributed by atoms with Crippen molar-refractivity contribution in [3.8, 4) is 0 Å². The molecule has 1 aromatic heterocycles. The van der Waals surface area contributed by atoms with Crippen LogP contribution in [0, 0.1) is 5.82 Å². The molecule has 0 radical (unpaired) electrons. The maximum absolute atomic E-state index is 13.1. The molecule has 0 bridgehead atoms. The molecule has 0 saturated carbocycles. The monoisotopic (exact) mass is 413 g/mol. The molecule has 0 saturated heterocycles. The fourth-order valence-corrected chi connectivity index (χ4v) is 6.09. The predicted molar refractivity (Wildman–Crippen MR) is 101 cm³/mol. The van der Waals surface area contributed by atoms with Crippen molar-refractivity contribution in [2.75, 3.05) is 19.3 Å². The average Bonchev–Trinajstić information content (AvgIpc) is 2.98. The van der Waals surface area contributed by atoms with Gasteiger partial charge in [0.15, 0.2) is 0 Å². The number of aliphatic hydroxyl groups is 1. The second-order valence-electron chi connectivity index (χ2n) is 6.36. The van der Waals surface area contributed by atoms with Gasteiger partial charge in [0.25, 0.3) is 0 Å². The molecule has 27 heavy (non-hydrogen) atoms. The molecule has 1 atom stereocenters. The SMILES string of the molecule is CN(CC(O)c1ccc(F)cc1)S(=O)(=O)c1c(N)sc2c1CCC/C2=N\O. The number of thiophene rings is 1. The number of likely N-dealkylation sites (N-methyl/N-ethyl adjacent to an activating group) is 1. The Bertz CT molecular complexity index is 971. The second-order valence-corrected chi connectivity index (χ2v) is 9.39. The van der Waals surface area contributed by atoms with Crippen LogP contribution in [0.4, 0.5) is 9.39 Å². The van der Waals surface area contributed by atoms with Gasteiger partial charge in [-0.05, 0) is 42.5 Å². The summed E-state index contributed by atoms with van der Waals surface area (Å²) in [5.74, 6) is -0.439. The van der Waals surface area contributed by atoms with Gasteiger partial charge in [0.05, 0.1) is 16.7 Å². The van der Waals surface area contributed by atoms with E-state index in [1.54, 1.807) is 0 Å². The van der Waals surface area contributed by atoms with Crippen molar-refractivity contribution in [2.24, 2.45) is 5.16 Å². The molecule has 10 heteroatoms. The van der Waals surface area contributed by atoms with Gasteiger partial charge >= 0.3 is 0 Å². The summed E-state index contributed by atoms with van der Waals surface area (Å²) in [5, 5.41) is 22.9. The number of hydrogen-bond donors (Lipinski definition) is 3. The number of aliphatic hydroxyl groups excluding tert-OH is 1. The van der Waals surface area contributed by atoms with E-state index in [0.717, 1.165) is 15.6 Å². The first-order chi connectivity index (χ1) is 12.8. The molecule has 0 amide bonds. The van der Waals surface area contributed by atoms with E-state index in [-0.39, 0.29) is 16.4 Å². The molecule has 0 aliphatic heterocycles. The van der Waals surface area contributed by atoms with Crippen LogP contribution >= 0.6 is 11.3 Å². The van der Waals surface area contributed by atoms with Crippen molar-refractivity contribution < 1.29 is 23.1 Å². The zero-order valence-electron chi connectivity index (χ0n) is 14.6. The summed E-state index contributed by atoms with van der Waals surface area (Å²) >= 11 is 1.09. The summed E-state index contributed by atoms with van der Waals surface area (Å²) < 4.78 is 40.2. The summed E-state index contributed by atoms with van der Waals surface area (Å²) in [6, 6.07) is 5.22. The molecule has 0 fully saturated rings. The number of sulfonamides is 1. The van der Waals surface area contributed by atoms with Crippen molar-refractivity contribution in [3.63, 3.8) is 0 Å². The molecule has 2 aromatic rings. The van der Waals surface area contributed by atoms with Crippen LogP contribution in [0.3, 0.4) is 0 Å². The fraction of sp³-hybridized carbons (Fsp3) is 0.353. The highest BCUT2D eigenvalue weighted by Gasteiger charge is 2.34. The first-order valence-electron chi connectivity index (χ1n) is 8.28. The van der Waals surface area contributed by atoms with Crippen LogP contribution < -0.4 is 5.73 Å². The van der Waals surface area contributed by atoms with E-state index in [1.807, 2.05) is 0 Å². The van der Waals surface area contributed by atoms with Gasteiger partial charge < -0.3 is 16.0 Å². The number of nitrogens with two attached hydrogens (primary N) is 1. The highest BCUT2D eigenvalue weighted by Crippen LogP contribution is 2.40. The Labute approximate surface area is 160 Å². The maximum atomic E-state index is 13.1. The van der Waals surface area contributed by atoms with E-state index in [4.69, 9.17) is 10.9 Å². The van der Waals surface area contributed by atoms with Crippen molar-refractivity contribution in [1.29, 1.82) is 0 Å². The van der Waals surface area contributed by atoms with E-state index in [1.165, 1.54) is 31.3 Å². The number of halogens is 1. The Kier molecular flexibility index (Phi) is 5.52. The second kappa shape index (κ2) is 7.55. The minimum atomic E-state index is -3.96. The van der Waals surface area contributed by atoms with Crippen LogP contribution in [0.15, 0.2) is 34.3 Å². The number of nitrogens with zero attached hydrogens (tertiary/aromatic N) is 2. The number of hydrogen-bond acceptors (Lipinski definition) is 7. The summed E-state index contributed by atoms with van der Waals surface area (Å²) in [5.41, 5.74) is 7.39. The van der Waals surface area contributed by atoms with Gasteiger partial charge in [0.2, 0.25) is 10.0 Å². The first-order valence-corrected chi connectivity index (χ1v) is 10.5. The zero-order valence-corrected chi connectivity index (χ0v) is 16.2. The minimum absolute atomic E-state index is 0.0113. The third-order valence-corrected chi connectivity index (χ3v) is 7.75. The Morgan fingerprint density at radius 1 is 1.33 bits per heavy atom. The fourth-order valence-electron chi connectivity index (χ4n) is 3.14. The Hall–Kier alpha value is -2.01. The number of rotatable bonds is 5. The molecule has 0 spiro atoms. The molecule has 3 rings (SSSR count). The van der Waals surface area contributed by atoms with E-state index in [0.29, 0.717) is 41.0 Å². The molecular formula is C17H20FN3O4S2. The topological polar surface area (TPSA) is 116 Å². The predicted octanol–water partition coefficient (Wildman–Crippen LogP) is 2.34. The quantitative estimate of drug-likeness (QED) is 0.514. The van der Waals surface area contributed by atoms with Gasteiger partial charge in [0, 0.05) is 13.6 Å². The molecule has 1 heterocycles. The summed E-state index contributed by atoms with van der Waals surface area (Å²) in [4.78, 5) is 0.601. The standard InChI is InChI=1S/C17H20FN3O4S2/c1-21(9-14(22)10-5-7-11(18)8-6-10)27(24,25)16-12-3-2-4-13(20-23)15(12)26-17(16)19/h5-8,14,22-23H,2-4,9,19H2,1H3/b20-13+. The zero-order chi connectivity index (χ0) is 19.8. The largest absolute Gasteiger partial charge is 0.411 e. The molecule has 4 N–H and O–H groups in total. The van der Waals surface area contributed by atoms with Crippen molar-refractivity contribution in [1.82, 2.24) is 4.31 Å². The summed E-state index contributed by atoms with van der Waals surface area (Å²) in [6.07, 6.45) is 0.621. The molecule has 1 aliphatic rings. The number of fused-ring (bicyclic) bond motifs is 1. The van der Waals surface area contributed by atoms with Gasteiger partial charge in [-0.15, -0.1) is 11.3 Å². The lowest BCUT2D eigenvalue weighted by Crippen LogP contribution is -2.32. The van der Waals surface area contributed by atoms with Gasteiger partial charge in [0.1, 0.15) is 15.7 Å². The first kappa shape index (κ1) is 19.7. The third kappa shape index (κ3) is 3.70. The lowest BCUT2D eigenvalue weighted by atomic mass is 9.97. The minimum Gasteiger partial charge on any atom is -0.411 e. The van der Waals surface area contributed by atoms with Crippen LogP contribution in [-0.2, 0) is 16.4 Å². The van der Waals surface area contributed by atoms with Crippen LogP contribution in [0.25, 0.3) is 0 Å². The molecule has 1 unspecified atom stereocenters. The van der Waals surface area contributed by atoms with E-state index in [2.05, 4.69) is 5.16 Å². The average molecular weight is 413 g/mol. The van der Waals surface area contributed by atoms with Crippen molar-refractivity contribution >= 4 is 32.1 Å². The lowest BCUT2D eigenvalue weighted by Gasteiger charge is -2.22. The van der Waals surface area contributed by atoms with Crippen molar-refractivity contribution in [3.05, 3.63) is 46.1 Å². The van der Waals surface area contributed by atoms with E-state index >= 15 is 0 Å². The maximum Gasteiger partial charge on any atom is 0.246 e. The van der Waals surface area contributed by atoms with Crippen molar-refractivity contribution in [2.45, 2.75) is 30.3 Å².